The molecular weight excluding hydrogens is 270 g/mol. The largest absolute Gasteiger partial charge is 0.382 e. The predicted octanol–water partition coefficient (Wildman–Crippen LogP) is 1.20. The molecule has 1 unspecified atom stereocenters. The number of anilines is 2. The Labute approximate surface area is 120 Å². The number of hydrogen-bond acceptors (Lipinski definition) is 6. The van der Waals surface area contributed by atoms with Crippen LogP contribution in [0.4, 0.5) is 11.5 Å². The molecule has 1 aromatic heterocycles. The second kappa shape index (κ2) is 5.58. The number of carbonyl (C=O) groups is 1. The zero-order valence-corrected chi connectivity index (χ0v) is 11.1. The standard InChI is InChI=1S/C14H13N5O2/c15-14(20)12-7-11(19-21-12)9-1-3-10(4-2-9)18-13-5-6-16-8-17-13/h1-6,8,12H,7H2,(H2,15,20)(H,16,17,18). The molecule has 2 heterocycles. The Balaban J connectivity index is 1.69. The molecule has 7 nitrogen and oxygen atoms in total. The average Bonchev–Trinajstić information content (AvgIpc) is 2.99. The summed E-state index contributed by atoms with van der Waals surface area (Å²) in [5.41, 5.74) is 7.69. The topological polar surface area (TPSA) is 102 Å². The number of nitrogens with one attached hydrogen (secondary N) is 1. The summed E-state index contributed by atoms with van der Waals surface area (Å²) in [6.45, 7) is 0. The van der Waals surface area contributed by atoms with Crippen molar-refractivity contribution in [3.05, 3.63) is 48.4 Å². The third-order valence-corrected chi connectivity index (χ3v) is 3.06. The SMILES string of the molecule is NC(=O)C1CC(c2ccc(Nc3ccncn3)cc2)=NO1. The number of rotatable bonds is 4. The van der Waals surface area contributed by atoms with E-state index < -0.39 is 12.0 Å². The minimum absolute atomic E-state index is 0.397. The van der Waals surface area contributed by atoms with E-state index in [1.807, 2.05) is 24.3 Å². The summed E-state index contributed by atoms with van der Waals surface area (Å²) in [7, 11) is 0. The lowest BCUT2D eigenvalue weighted by molar-refractivity contribution is -0.127. The van der Waals surface area contributed by atoms with E-state index in [0.717, 1.165) is 11.3 Å². The van der Waals surface area contributed by atoms with Gasteiger partial charge in [0.05, 0.1) is 5.71 Å². The lowest BCUT2D eigenvalue weighted by Gasteiger charge is -2.06. The van der Waals surface area contributed by atoms with E-state index in [4.69, 9.17) is 10.6 Å². The fourth-order valence-electron chi connectivity index (χ4n) is 1.96. The Morgan fingerprint density at radius 1 is 1.29 bits per heavy atom. The maximum Gasteiger partial charge on any atom is 0.261 e. The molecule has 0 radical (unpaired) electrons. The van der Waals surface area contributed by atoms with Crippen LogP contribution in [-0.2, 0) is 9.63 Å². The van der Waals surface area contributed by atoms with E-state index in [1.165, 1.54) is 6.33 Å². The minimum atomic E-state index is -0.668. The van der Waals surface area contributed by atoms with Gasteiger partial charge >= 0.3 is 0 Å². The second-order valence-corrected chi connectivity index (χ2v) is 4.54. The first-order chi connectivity index (χ1) is 10.2. The van der Waals surface area contributed by atoms with E-state index in [0.29, 0.717) is 18.0 Å². The maximum atomic E-state index is 11.0. The maximum absolute atomic E-state index is 11.0. The lowest BCUT2D eigenvalue weighted by Crippen LogP contribution is -2.28. The Bertz CT molecular complexity index is 670. The number of nitrogens with two attached hydrogens (primary N) is 1. The van der Waals surface area contributed by atoms with Crippen LogP contribution in [0.1, 0.15) is 12.0 Å². The molecule has 1 amide bonds. The molecule has 3 rings (SSSR count). The van der Waals surface area contributed by atoms with Crippen LogP contribution in [0.15, 0.2) is 48.0 Å². The number of hydrogen-bond donors (Lipinski definition) is 2. The summed E-state index contributed by atoms with van der Waals surface area (Å²) in [5, 5.41) is 7.05. The minimum Gasteiger partial charge on any atom is -0.382 e. The smallest absolute Gasteiger partial charge is 0.261 e. The molecule has 1 aliphatic rings. The van der Waals surface area contributed by atoms with Crippen LogP contribution in [0, 0.1) is 0 Å². The van der Waals surface area contributed by atoms with Crippen molar-refractivity contribution in [1.82, 2.24) is 9.97 Å². The van der Waals surface area contributed by atoms with E-state index in [9.17, 15) is 4.79 Å². The molecule has 106 valence electrons. The van der Waals surface area contributed by atoms with Gasteiger partial charge in [-0.15, -0.1) is 0 Å². The Morgan fingerprint density at radius 3 is 2.71 bits per heavy atom. The molecule has 1 atom stereocenters. The molecule has 3 N–H and O–H groups in total. The summed E-state index contributed by atoms with van der Waals surface area (Å²) in [6, 6.07) is 9.37. The highest BCUT2D eigenvalue weighted by molar-refractivity contribution is 6.04. The van der Waals surface area contributed by atoms with Crippen molar-refractivity contribution in [1.29, 1.82) is 0 Å². The van der Waals surface area contributed by atoms with Crippen molar-refractivity contribution in [2.75, 3.05) is 5.32 Å². The van der Waals surface area contributed by atoms with E-state index in [1.54, 1.807) is 12.3 Å². The van der Waals surface area contributed by atoms with Gasteiger partial charge in [0.25, 0.3) is 5.91 Å². The fraction of sp³-hybridized carbons (Fsp3) is 0.143. The summed E-state index contributed by atoms with van der Waals surface area (Å²) in [5.74, 6) is 0.212. The molecule has 1 aromatic carbocycles. The molecular formula is C14H13N5O2. The molecule has 0 spiro atoms. The number of aromatic nitrogens is 2. The molecule has 1 aliphatic heterocycles. The van der Waals surface area contributed by atoms with Gasteiger partial charge in [-0.05, 0) is 23.8 Å². The summed E-state index contributed by atoms with van der Waals surface area (Å²) in [4.78, 5) is 24.0. The van der Waals surface area contributed by atoms with Crippen LogP contribution in [0.5, 0.6) is 0 Å². The third-order valence-electron chi connectivity index (χ3n) is 3.06. The summed E-state index contributed by atoms with van der Waals surface area (Å²) < 4.78 is 0. The average molecular weight is 283 g/mol. The highest BCUT2D eigenvalue weighted by atomic mass is 16.6. The third kappa shape index (κ3) is 2.97. The van der Waals surface area contributed by atoms with Gasteiger partial charge in [-0.2, -0.15) is 0 Å². The van der Waals surface area contributed by atoms with Gasteiger partial charge in [-0.1, -0.05) is 17.3 Å². The predicted molar refractivity (Wildman–Crippen MR) is 77.0 cm³/mol. The number of amides is 1. The number of carbonyl (C=O) groups excluding carboxylic acids is 1. The van der Waals surface area contributed by atoms with Crippen molar-refractivity contribution >= 4 is 23.1 Å². The van der Waals surface area contributed by atoms with Crippen LogP contribution in [0.25, 0.3) is 0 Å². The number of benzene rings is 1. The first-order valence-electron chi connectivity index (χ1n) is 6.38. The molecule has 0 bridgehead atoms. The van der Waals surface area contributed by atoms with Gasteiger partial charge in [0.1, 0.15) is 12.1 Å². The van der Waals surface area contributed by atoms with Crippen molar-refractivity contribution < 1.29 is 9.63 Å². The number of oxime groups is 1. The van der Waals surface area contributed by atoms with Crippen LogP contribution < -0.4 is 11.1 Å². The lowest BCUT2D eigenvalue weighted by atomic mass is 10.0. The first-order valence-corrected chi connectivity index (χ1v) is 6.38. The molecule has 0 saturated heterocycles. The first kappa shape index (κ1) is 13.0. The quantitative estimate of drug-likeness (QED) is 0.877. The van der Waals surface area contributed by atoms with Gasteiger partial charge in [-0.25, -0.2) is 9.97 Å². The van der Waals surface area contributed by atoms with Crippen LogP contribution >= 0.6 is 0 Å². The Kier molecular flexibility index (Phi) is 3.46. The van der Waals surface area contributed by atoms with Gasteiger partial charge in [0.15, 0.2) is 0 Å². The van der Waals surface area contributed by atoms with Gasteiger partial charge in [-0.3, -0.25) is 4.79 Å². The van der Waals surface area contributed by atoms with Crippen molar-refractivity contribution in [2.45, 2.75) is 12.5 Å². The molecule has 21 heavy (non-hydrogen) atoms. The summed E-state index contributed by atoms with van der Waals surface area (Å²) in [6.07, 6.45) is 2.87. The number of primary amides is 1. The fourth-order valence-corrected chi connectivity index (χ4v) is 1.96. The molecule has 0 aliphatic carbocycles. The molecule has 0 saturated carbocycles. The van der Waals surface area contributed by atoms with Gasteiger partial charge in [0.2, 0.25) is 6.10 Å². The second-order valence-electron chi connectivity index (χ2n) is 4.54. The molecule has 0 fully saturated rings. The normalized spacial score (nSPS) is 17.0. The molecule has 2 aromatic rings. The summed E-state index contributed by atoms with van der Waals surface area (Å²) >= 11 is 0. The van der Waals surface area contributed by atoms with Crippen LogP contribution in [-0.4, -0.2) is 27.7 Å². The highest BCUT2D eigenvalue weighted by Gasteiger charge is 2.26. The van der Waals surface area contributed by atoms with Crippen molar-refractivity contribution in [3.8, 4) is 0 Å². The van der Waals surface area contributed by atoms with Crippen LogP contribution in [0.2, 0.25) is 0 Å². The van der Waals surface area contributed by atoms with E-state index in [2.05, 4.69) is 20.4 Å². The molecule has 7 heteroatoms. The van der Waals surface area contributed by atoms with Gasteiger partial charge < -0.3 is 15.9 Å². The zero-order valence-electron chi connectivity index (χ0n) is 11.1. The monoisotopic (exact) mass is 283 g/mol. The van der Waals surface area contributed by atoms with E-state index in [-0.39, 0.29) is 0 Å². The number of nitrogens with zero attached hydrogens (tertiary/aromatic N) is 3. The Morgan fingerprint density at radius 2 is 2.10 bits per heavy atom. The van der Waals surface area contributed by atoms with Gasteiger partial charge in [0, 0.05) is 18.3 Å². The zero-order chi connectivity index (χ0) is 14.7. The van der Waals surface area contributed by atoms with Crippen LogP contribution in [0.3, 0.4) is 0 Å². The van der Waals surface area contributed by atoms with Crippen molar-refractivity contribution in [2.24, 2.45) is 10.9 Å². The Hall–Kier alpha value is -2.96. The van der Waals surface area contributed by atoms with Crippen molar-refractivity contribution in [3.63, 3.8) is 0 Å². The highest BCUT2D eigenvalue weighted by Crippen LogP contribution is 2.19. The van der Waals surface area contributed by atoms with E-state index >= 15 is 0 Å².